The van der Waals surface area contributed by atoms with Gasteiger partial charge < -0.3 is 52.3 Å². The zero-order valence-electron chi connectivity index (χ0n) is 71.8. The second kappa shape index (κ2) is 44.2. The summed E-state index contributed by atoms with van der Waals surface area (Å²) in [7, 11) is 0. The van der Waals surface area contributed by atoms with Gasteiger partial charge in [0.25, 0.3) is 17.7 Å². The molecule has 6 amide bonds. The number of rotatable bonds is 29. The van der Waals surface area contributed by atoms with Crippen molar-refractivity contribution in [3.05, 3.63) is 213 Å². The van der Waals surface area contributed by atoms with Gasteiger partial charge in [0.15, 0.2) is 0 Å². The summed E-state index contributed by atoms with van der Waals surface area (Å²) in [6.45, 7) is 30.6. The van der Waals surface area contributed by atoms with Gasteiger partial charge >= 0.3 is 0 Å². The topological polar surface area (TPSA) is 217 Å². The monoisotopic (exact) mass is 1680 g/mol. The number of fused-ring (bicyclic) bond motifs is 3. The average Bonchev–Trinajstić information content (AvgIpc) is 1.81. The molecule has 21 heteroatoms. The maximum absolute atomic E-state index is 14.2. The summed E-state index contributed by atoms with van der Waals surface area (Å²) in [6, 6.07) is 54.2. The predicted molar refractivity (Wildman–Crippen MR) is 489 cm³/mol. The summed E-state index contributed by atoms with van der Waals surface area (Å²) in [6.07, 6.45) is 14.9. The van der Waals surface area contributed by atoms with Crippen molar-refractivity contribution in [3.8, 4) is 0 Å². The second-order valence-corrected chi connectivity index (χ2v) is 36.7. The lowest BCUT2D eigenvalue weighted by molar-refractivity contribution is -0.134. The van der Waals surface area contributed by atoms with Crippen molar-refractivity contribution in [1.82, 2.24) is 56.4 Å². The largest absolute Gasteiger partial charge is 0.350 e. The molecule has 0 unspecified atom stereocenters. The number of nitrogens with one attached hydrogen (secondary N) is 6. The molecule has 0 bridgehead atoms. The molecule has 5 aliphatic heterocycles. The van der Waals surface area contributed by atoms with E-state index in [-0.39, 0.29) is 82.8 Å². The van der Waals surface area contributed by atoms with Gasteiger partial charge in [-0.05, 0) is 266 Å². The molecule has 13 rings (SSSR count). The van der Waals surface area contributed by atoms with Crippen molar-refractivity contribution in [2.24, 2.45) is 17.6 Å². The number of nitrogens with two attached hydrogens (primary N) is 1. The minimum absolute atomic E-state index is 0.00359. The number of benzene rings is 8. The van der Waals surface area contributed by atoms with Gasteiger partial charge in [0.05, 0.1) is 18.1 Å². The van der Waals surface area contributed by atoms with Crippen LogP contribution >= 0.6 is 34.8 Å². The number of piperidine rings is 2. The van der Waals surface area contributed by atoms with E-state index in [0.717, 1.165) is 116 Å². The molecular formula is C98H131Cl3N12O6. The molecule has 0 aromatic heterocycles. The molecule has 8 aromatic carbocycles. The van der Waals surface area contributed by atoms with Crippen molar-refractivity contribution in [2.75, 3.05) is 91.6 Å². The van der Waals surface area contributed by atoms with Crippen LogP contribution in [0.5, 0.6) is 0 Å². The molecule has 5 saturated heterocycles. The molecule has 9 atom stereocenters. The van der Waals surface area contributed by atoms with Gasteiger partial charge in [-0.25, -0.2) is 0 Å². The average molecular weight is 1680 g/mol. The van der Waals surface area contributed by atoms with Crippen molar-refractivity contribution < 1.29 is 28.8 Å². The van der Waals surface area contributed by atoms with Crippen molar-refractivity contribution in [3.63, 3.8) is 0 Å². The molecule has 0 radical (unpaired) electrons. The first kappa shape index (κ1) is 91.7. The van der Waals surface area contributed by atoms with Crippen LogP contribution in [0.2, 0.25) is 15.1 Å². The van der Waals surface area contributed by atoms with E-state index in [4.69, 9.17) is 40.5 Å². The fourth-order valence-corrected chi connectivity index (χ4v) is 18.8. The highest BCUT2D eigenvalue weighted by atomic mass is 35.5. The molecule has 8 N–H and O–H groups in total. The van der Waals surface area contributed by atoms with Gasteiger partial charge in [0.2, 0.25) is 17.7 Å². The minimum Gasteiger partial charge on any atom is -0.350 e. The van der Waals surface area contributed by atoms with E-state index in [9.17, 15) is 28.8 Å². The van der Waals surface area contributed by atoms with E-state index in [1.165, 1.54) is 49.7 Å². The first-order chi connectivity index (χ1) is 57.3. The van der Waals surface area contributed by atoms with E-state index < -0.39 is 0 Å². The number of nitrogens with zero attached hydrogens (tertiary/aromatic N) is 5. The van der Waals surface area contributed by atoms with E-state index in [1.807, 2.05) is 126 Å². The molecular weight excluding hydrogens is 1550 g/mol. The molecule has 0 saturated carbocycles. The third kappa shape index (κ3) is 25.8. The van der Waals surface area contributed by atoms with Crippen LogP contribution in [0.15, 0.2) is 170 Å². The zero-order valence-corrected chi connectivity index (χ0v) is 74.1. The van der Waals surface area contributed by atoms with Crippen LogP contribution < -0.4 is 37.6 Å². The number of halogens is 3. The summed E-state index contributed by atoms with van der Waals surface area (Å²) in [4.78, 5) is 92.1. The van der Waals surface area contributed by atoms with Crippen molar-refractivity contribution in [2.45, 2.75) is 218 Å². The number of amides is 6. The summed E-state index contributed by atoms with van der Waals surface area (Å²) in [5.74, 6) is 1.75. The molecule has 8 aromatic rings. The highest BCUT2D eigenvalue weighted by molar-refractivity contribution is 6.32. The molecule has 5 fully saturated rings. The van der Waals surface area contributed by atoms with Gasteiger partial charge in [0.1, 0.15) is 0 Å². The number of hydrogen-bond donors (Lipinski definition) is 7. The Morgan fingerprint density at radius 3 is 1.07 bits per heavy atom. The maximum Gasteiger partial charge on any atom is 0.251 e. The fourth-order valence-electron chi connectivity index (χ4n) is 18.2. The van der Waals surface area contributed by atoms with Crippen LogP contribution in [0, 0.1) is 11.8 Å². The van der Waals surface area contributed by atoms with Gasteiger partial charge in [-0.2, -0.15) is 0 Å². The lowest BCUT2D eigenvalue weighted by atomic mass is 9.90. The SMILES string of the molecule is CC[C@@H](CN1CC[C@@H](CNC(=O)c2ccc3cc(Cl)ccc3c2)N[C@@H](CCN)C1=O)C(C)C.CC[C@H](CN1CC[C@@H](CNC(=O)c2ccc3cc(Cl)ccc3c2)N[C@@H](CC(C)(C)N2CCCCC2)C1=O)c1ccccc1.CC[C@H](CN1CC[C@H](CNC(=O)c2ccc3cc(Cl)ccc3c2)N[C@H](CC(C)(C)N2CCCCC2)C1=O)c1ccccc1. The van der Waals surface area contributed by atoms with Crippen LogP contribution in [0.4, 0.5) is 0 Å². The fraction of sp³-hybridized carbons (Fsp3) is 0.510. The summed E-state index contributed by atoms with van der Waals surface area (Å²) in [5, 5.41) is 28.2. The molecule has 18 nitrogen and oxygen atoms in total. The quantitative estimate of drug-likeness (QED) is 0.0233. The standard InChI is InChI=1S/2C36H47ClN4O2.C26H37ClN4O2/c2*1-4-26(27-11-7-5-8-12-27)25-40-20-17-32(39-33(35(40)43)23-36(2,3)41-18-9-6-10-19-41)24-38-34(42)30-14-13-29-22-31(37)16-15-28(29)21-30;1-4-18(17(2)3)16-31-12-10-23(30-24(9-11-28)26(31)33)15-29-25(32)21-6-5-20-14-22(27)8-7-19(20)13-21/h2*5,7-8,11-16,21-22,26,32-33,39H,4,6,9-10,17-20,23-25H2,1-3H3,(H,38,42);5-8,13-14,17-18,23-24,30H,4,9-12,15-16,28H2,1-3H3,(H,29,32)/t26-,32+,33+;26-,32-,33-;18-,23-,24-/m110/s1. The van der Waals surface area contributed by atoms with Crippen LogP contribution in [-0.4, -0.2) is 199 Å². The van der Waals surface area contributed by atoms with Gasteiger partial charge in [-0.1, -0.05) is 186 Å². The third-order valence-electron chi connectivity index (χ3n) is 25.7. The number of carbonyl (C=O) groups excluding carboxylic acids is 6. The van der Waals surface area contributed by atoms with Crippen LogP contribution in [0.3, 0.4) is 0 Å². The first-order valence-electron chi connectivity index (χ1n) is 44.2. The Kier molecular flexibility index (Phi) is 34.0. The number of likely N-dealkylation sites (tertiary alicyclic amines) is 2. The highest BCUT2D eigenvalue weighted by Gasteiger charge is 2.41. The predicted octanol–water partition coefficient (Wildman–Crippen LogP) is 17.1. The summed E-state index contributed by atoms with van der Waals surface area (Å²) in [5.41, 5.74) is 10.0. The van der Waals surface area contributed by atoms with E-state index >= 15 is 0 Å². The van der Waals surface area contributed by atoms with Gasteiger partial charge in [-0.15, -0.1) is 0 Å². The smallest absolute Gasteiger partial charge is 0.251 e. The first-order valence-corrected chi connectivity index (χ1v) is 45.3. The Labute approximate surface area is 722 Å². The molecule has 0 aliphatic carbocycles. The Hall–Kier alpha value is -8.01. The second-order valence-electron chi connectivity index (χ2n) is 35.4. The summed E-state index contributed by atoms with van der Waals surface area (Å²) < 4.78 is 0. The Morgan fingerprint density at radius 2 is 0.739 bits per heavy atom. The van der Waals surface area contributed by atoms with Crippen molar-refractivity contribution >= 4 is 103 Å². The molecule has 119 heavy (non-hydrogen) atoms. The maximum atomic E-state index is 14.2. The minimum atomic E-state index is -0.311. The Bertz CT molecular complexity index is 4440. The molecule has 5 aliphatic rings. The normalized spacial score (nSPS) is 20.8. The van der Waals surface area contributed by atoms with Crippen LogP contribution in [0.25, 0.3) is 32.3 Å². The molecule has 640 valence electrons. The van der Waals surface area contributed by atoms with Crippen LogP contribution in [-0.2, 0) is 14.4 Å². The lowest BCUT2D eigenvalue weighted by Crippen LogP contribution is -2.56. The van der Waals surface area contributed by atoms with Crippen molar-refractivity contribution in [1.29, 1.82) is 0 Å². The zero-order chi connectivity index (χ0) is 84.8. The van der Waals surface area contributed by atoms with E-state index in [0.29, 0.717) is 121 Å². The highest BCUT2D eigenvalue weighted by Crippen LogP contribution is 2.33. The Morgan fingerprint density at radius 1 is 0.420 bits per heavy atom. The van der Waals surface area contributed by atoms with Crippen LogP contribution in [0.1, 0.15) is 213 Å². The lowest BCUT2D eigenvalue weighted by Gasteiger charge is -2.43. The van der Waals surface area contributed by atoms with E-state index in [1.54, 1.807) is 0 Å². The third-order valence-corrected chi connectivity index (χ3v) is 26.4. The van der Waals surface area contributed by atoms with Gasteiger partial charge in [-0.3, -0.25) is 38.6 Å². The number of carbonyl (C=O) groups is 6. The molecule has 0 spiro atoms. The van der Waals surface area contributed by atoms with E-state index in [2.05, 4.69) is 162 Å². The number of hydrogen-bond acceptors (Lipinski definition) is 12. The Balaban J connectivity index is 0.000000177. The molecule has 5 heterocycles. The summed E-state index contributed by atoms with van der Waals surface area (Å²) >= 11 is 18.3. The van der Waals surface area contributed by atoms with Gasteiger partial charge in [0, 0.05) is 132 Å².